The Hall–Kier alpha value is -1.19. The first-order valence-electron chi connectivity index (χ1n) is 7.70. The lowest BCUT2D eigenvalue weighted by atomic mass is 9.96. The quantitative estimate of drug-likeness (QED) is 0.836. The predicted molar refractivity (Wildman–Crippen MR) is 92.1 cm³/mol. The summed E-state index contributed by atoms with van der Waals surface area (Å²) >= 11 is 1.81. The Kier molecular flexibility index (Phi) is 5.17. The lowest BCUT2D eigenvalue weighted by Crippen LogP contribution is -2.23. The smallest absolute Gasteiger partial charge is 0.109 e. The largest absolute Gasteiger partial charge is 0.302 e. The highest BCUT2D eigenvalue weighted by Crippen LogP contribution is 2.26. The minimum Gasteiger partial charge on any atom is -0.302 e. The molecule has 0 saturated heterocycles. The van der Waals surface area contributed by atoms with Crippen LogP contribution in [0.2, 0.25) is 0 Å². The molecule has 2 atom stereocenters. The molecule has 2 unspecified atom stereocenters. The SMILES string of the molecule is CCc1cnc(C(C)NC(C)c2cc(C)c(C)cc2C)s1. The summed E-state index contributed by atoms with van der Waals surface area (Å²) in [6.45, 7) is 13.2. The van der Waals surface area contributed by atoms with Gasteiger partial charge >= 0.3 is 0 Å². The van der Waals surface area contributed by atoms with E-state index in [2.05, 4.69) is 64.0 Å². The van der Waals surface area contributed by atoms with Gasteiger partial charge in [0.25, 0.3) is 0 Å². The molecule has 1 N–H and O–H groups in total. The standard InChI is InChI=1S/C18H26N2S/c1-7-16-10-19-18(21-16)15(6)20-14(5)17-9-12(3)11(2)8-13(17)4/h8-10,14-15,20H,7H2,1-6H3. The van der Waals surface area contributed by atoms with Crippen molar-refractivity contribution in [3.05, 3.63) is 50.5 Å². The fraction of sp³-hybridized carbons (Fsp3) is 0.500. The van der Waals surface area contributed by atoms with Crippen molar-refractivity contribution in [3.63, 3.8) is 0 Å². The van der Waals surface area contributed by atoms with Crippen molar-refractivity contribution in [2.24, 2.45) is 0 Å². The molecule has 21 heavy (non-hydrogen) atoms. The molecule has 2 rings (SSSR count). The Bertz CT molecular complexity index is 616. The van der Waals surface area contributed by atoms with Gasteiger partial charge in [-0.2, -0.15) is 0 Å². The molecule has 114 valence electrons. The van der Waals surface area contributed by atoms with Crippen molar-refractivity contribution in [2.75, 3.05) is 0 Å². The van der Waals surface area contributed by atoms with E-state index in [1.165, 1.54) is 32.1 Å². The summed E-state index contributed by atoms with van der Waals surface area (Å²) in [7, 11) is 0. The molecule has 0 fully saturated rings. The summed E-state index contributed by atoms with van der Waals surface area (Å²) in [5.74, 6) is 0. The van der Waals surface area contributed by atoms with Crippen LogP contribution in [-0.2, 0) is 6.42 Å². The van der Waals surface area contributed by atoms with Crippen molar-refractivity contribution >= 4 is 11.3 Å². The fourth-order valence-electron chi connectivity index (χ4n) is 2.67. The molecule has 1 aromatic carbocycles. The van der Waals surface area contributed by atoms with Crippen LogP contribution in [0.1, 0.15) is 65.0 Å². The van der Waals surface area contributed by atoms with Gasteiger partial charge in [-0.3, -0.25) is 0 Å². The van der Waals surface area contributed by atoms with Crippen molar-refractivity contribution in [2.45, 2.75) is 60.0 Å². The number of hydrogen-bond donors (Lipinski definition) is 1. The normalized spacial score (nSPS) is 14.2. The van der Waals surface area contributed by atoms with Gasteiger partial charge in [-0.05, 0) is 63.3 Å². The molecule has 0 aliphatic heterocycles. The van der Waals surface area contributed by atoms with Gasteiger partial charge in [-0.1, -0.05) is 19.1 Å². The van der Waals surface area contributed by atoms with E-state index in [4.69, 9.17) is 0 Å². The van der Waals surface area contributed by atoms with Crippen LogP contribution < -0.4 is 5.32 Å². The first-order valence-corrected chi connectivity index (χ1v) is 8.52. The molecule has 1 aromatic heterocycles. The Morgan fingerprint density at radius 2 is 1.71 bits per heavy atom. The third kappa shape index (κ3) is 3.72. The second-order valence-corrected chi connectivity index (χ2v) is 7.07. The fourth-order valence-corrected chi connectivity index (χ4v) is 3.54. The van der Waals surface area contributed by atoms with Crippen molar-refractivity contribution in [3.8, 4) is 0 Å². The lowest BCUT2D eigenvalue weighted by Gasteiger charge is -2.21. The van der Waals surface area contributed by atoms with Gasteiger partial charge in [0.15, 0.2) is 0 Å². The van der Waals surface area contributed by atoms with Crippen molar-refractivity contribution < 1.29 is 0 Å². The molecule has 0 spiro atoms. The van der Waals surface area contributed by atoms with E-state index in [-0.39, 0.29) is 6.04 Å². The minimum absolute atomic E-state index is 0.284. The minimum atomic E-state index is 0.284. The summed E-state index contributed by atoms with van der Waals surface area (Å²) in [6, 6.07) is 5.21. The lowest BCUT2D eigenvalue weighted by molar-refractivity contribution is 0.491. The van der Waals surface area contributed by atoms with Gasteiger partial charge in [0, 0.05) is 17.1 Å². The molecule has 0 radical (unpaired) electrons. The summed E-state index contributed by atoms with van der Waals surface area (Å²) < 4.78 is 0. The van der Waals surface area contributed by atoms with Gasteiger partial charge in [-0.15, -0.1) is 11.3 Å². The molecule has 0 amide bonds. The highest BCUT2D eigenvalue weighted by atomic mass is 32.1. The molecule has 2 nitrogen and oxygen atoms in total. The van der Waals surface area contributed by atoms with Gasteiger partial charge in [0.2, 0.25) is 0 Å². The average Bonchev–Trinajstić information content (AvgIpc) is 2.91. The number of thiazole rings is 1. The molecule has 0 aliphatic rings. The number of aromatic nitrogens is 1. The first-order chi connectivity index (χ1) is 9.92. The van der Waals surface area contributed by atoms with Crippen LogP contribution in [-0.4, -0.2) is 4.98 Å². The highest BCUT2D eigenvalue weighted by Gasteiger charge is 2.16. The Morgan fingerprint density at radius 3 is 2.33 bits per heavy atom. The van der Waals surface area contributed by atoms with E-state index in [1.54, 1.807) is 0 Å². The van der Waals surface area contributed by atoms with E-state index in [1.807, 2.05) is 17.5 Å². The zero-order chi connectivity index (χ0) is 15.6. The van der Waals surface area contributed by atoms with E-state index >= 15 is 0 Å². The predicted octanol–water partition coefficient (Wildman–Crippen LogP) is 5.04. The van der Waals surface area contributed by atoms with E-state index in [9.17, 15) is 0 Å². The Balaban J connectivity index is 2.13. The molecule has 0 saturated carbocycles. The zero-order valence-corrected chi connectivity index (χ0v) is 14.8. The maximum atomic E-state index is 4.54. The Labute approximate surface area is 132 Å². The zero-order valence-electron chi connectivity index (χ0n) is 13.9. The molecule has 1 heterocycles. The summed E-state index contributed by atoms with van der Waals surface area (Å²) in [6.07, 6.45) is 3.07. The number of rotatable bonds is 5. The molecule has 3 heteroatoms. The van der Waals surface area contributed by atoms with Crippen LogP contribution in [0.3, 0.4) is 0 Å². The maximum absolute atomic E-state index is 4.54. The van der Waals surface area contributed by atoms with Gasteiger partial charge in [0.1, 0.15) is 5.01 Å². The van der Waals surface area contributed by atoms with Crippen LogP contribution in [0.25, 0.3) is 0 Å². The van der Waals surface area contributed by atoms with Crippen LogP contribution in [0.15, 0.2) is 18.3 Å². The highest BCUT2D eigenvalue weighted by molar-refractivity contribution is 7.11. The van der Waals surface area contributed by atoms with Crippen molar-refractivity contribution in [1.82, 2.24) is 10.3 Å². The van der Waals surface area contributed by atoms with E-state index < -0.39 is 0 Å². The number of aryl methyl sites for hydroxylation is 4. The van der Waals surface area contributed by atoms with Crippen LogP contribution in [0.5, 0.6) is 0 Å². The first kappa shape index (κ1) is 16.2. The van der Waals surface area contributed by atoms with E-state index in [0.29, 0.717) is 6.04 Å². The maximum Gasteiger partial charge on any atom is 0.109 e. The number of nitrogens with one attached hydrogen (secondary N) is 1. The molecule has 0 bridgehead atoms. The van der Waals surface area contributed by atoms with Gasteiger partial charge in [0.05, 0.1) is 6.04 Å². The van der Waals surface area contributed by atoms with Gasteiger partial charge < -0.3 is 5.32 Å². The summed E-state index contributed by atoms with van der Waals surface area (Å²) in [4.78, 5) is 5.90. The number of nitrogens with zero attached hydrogens (tertiary/aromatic N) is 1. The molecular weight excluding hydrogens is 276 g/mol. The second-order valence-electron chi connectivity index (χ2n) is 5.92. The van der Waals surface area contributed by atoms with Crippen LogP contribution in [0, 0.1) is 20.8 Å². The second kappa shape index (κ2) is 6.71. The molecule has 0 aliphatic carbocycles. The monoisotopic (exact) mass is 302 g/mol. The number of benzene rings is 1. The van der Waals surface area contributed by atoms with Gasteiger partial charge in [-0.25, -0.2) is 4.98 Å². The van der Waals surface area contributed by atoms with Crippen molar-refractivity contribution in [1.29, 1.82) is 0 Å². The number of hydrogen-bond acceptors (Lipinski definition) is 3. The average molecular weight is 302 g/mol. The molecular formula is C18H26N2S. The summed E-state index contributed by atoms with van der Waals surface area (Å²) in [5, 5.41) is 4.87. The Morgan fingerprint density at radius 1 is 1.05 bits per heavy atom. The third-order valence-electron chi connectivity index (χ3n) is 4.14. The van der Waals surface area contributed by atoms with Crippen LogP contribution >= 0.6 is 11.3 Å². The molecule has 2 aromatic rings. The topological polar surface area (TPSA) is 24.9 Å². The third-order valence-corrected chi connectivity index (χ3v) is 5.46. The summed E-state index contributed by atoms with van der Waals surface area (Å²) in [5.41, 5.74) is 5.47. The van der Waals surface area contributed by atoms with Crippen LogP contribution in [0.4, 0.5) is 0 Å². The van der Waals surface area contributed by atoms with E-state index in [0.717, 1.165) is 6.42 Å².